The minimum Gasteiger partial charge on any atom is -0.756 e. The maximum atomic E-state index is 13.5. The summed E-state index contributed by atoms with van der Waals surface area (Å²) in [6.45, 7) is -1.78. The van der Waals surface area contributed by atoms with E-state index in [1.54, 1.807) is 66.7 Å². The molecule has 0 saturated heterocycles. The Morgan fingerprint density at radius 3 is 2.08 bits per heavy atom. The molecule has 0 saturated carbocycles. The predicted molar refractivity (Wildman–Crippen MR) is 212 cm³/mol. The molecule has 1 aliphatic heterocycles. The lowest BCUT2D eigenvalue weighted by Gasteiger charge is -2.35. The lowest BCUT2D eigenvalue weighted by Crippen LogP contribution is -2.25. The number of para-hydroxylation sites is 2. The Bertz CT molecular complexity index is 3080. The monoisotopic (exact) mass is 892 g/mol. The number of anilines is 2. The molecule has 310 valence electrons. The minimum atomic E-state index is -6.37. The first-order chi connectivity index (χ1) is 28.6. The molecule has 2 heterocycles. The fraction of sp³-hybridized carbons (Fsp3) is 0.105. The van der Waals surface area contributed by atoms with Crippen molar-refractivity contribution in [3.63, 3.8) is 0 Å². The van der Waals surface area contributed by atoms with Crippen molar-refractivity contribution >= 4 is 83.0 Å². The zero-order chi connectivity index (χ0) is 42.3. The molecule has 7 aromatic rings. The zero-order valence-corrected chi connectivity index (χ0v) is 34.1. The van der Waals surface area contributed by atoms with Crippen molar-refractivity contribution in [2.24, 2.45) is 0 Å². The third-order valence-corrected chi connectivity index (χ3v) is 14.9. The van der Waals surface area contributed by atoms with Crippen LogP contribution in [0, 0.1) is 0 Å². The van der Waals surface area contributed by atoms with E-state index in [4.69, 9.17) is 14.0 Å². The average molecular weight is 893 g/mol. The SMILES string of the molecule is O=c1nc(Nc2ccccc2)ccn1C1=C(Oc2ccccc2)C(OP(=O)([O-])OP(=O)([O-])OP(=O)([O-])OCCS(=O)(=O)c2ccc3ccc4cccc5ccc2c3c45)CO1. The van der Waals surface area contributed by atoms with Crippen LogP contribution in [-0.2, 0) is 45.9 Å². The van der Waals surface area contributed by atoms with Gasteiger partial charge in [0.1, 0.15) is 18.2 Å². The predicted octanol–water partition coefficient (Wildman–Crippen LogP) is 5.43. The molecule has 1 aliphatic rings. The highest BCUT2D eigenvalue weighted by Crippen LogP contribution is 2.63. The van der Waals surface area contributed by atoms with Gasteiger partial charge in [0.25, 0.3) is 23.5 Å². The van der Waals surface area contributed by atoms with E-state index < -0.39 is 69.8 Å². The average Bonchev–Trinajstić information content (AvgIpc) is 3.56. The van der Waals surface area contributed by atoms with Crippen molar-refractivity contribution in [1.29, 1.82) is 0 Å². The van der Waals surface area contributed by atoms with E-state index in [1.165, 1.54) is 30.5 Å². The number of phosphoric ester groups is 2. The van der Waals surface area contributed by atoms with E-state index in [0.717, 1.165) is 26.1 Å². The molecule has 0 fully saturated rings. The standard InChI is InChI=1S/C38H32N3O15P3S/c42-38-40-33(39-28-10-3-1-4-11-28)20-21-41(38)37-36(53-29-12-5-2-6-13-29)31(24-51-37)54-58(45,46)56-59(47,48)55-57(43,44)52-22-23-60(49,50)32-19-17-27-15-14-25-8-7-9-26-16-18-30(32)35(27)34(25)26/h1-21,31H,22-24H2,(H,43,44)(H,45,46)(H,47,48)(H,39,40,42)/p-3. The van der Waals surface area contributed by atoms with Crippen LogP contribution in [0.3, 0.4) is 0 Å². The van der Waals surface area contributed by atoms with Crippen LogP contribution in [0.4, 0.5) is 11.5 Å². The Morgan fingerprint density at radius 1 is 0.750 bits per heavy atom. The van der Waals surface area contributed by atoms with E-state index in [0.29, 0.717) is 16.5 Å². The van der Waals surface area contributed by atoms with Crippen LogP contribution < -0.4 is 30.4 Å². The lowest BCUT2D eigenvalue weighted by atomic mass is 9.94. The first-order valence-electron chi connectivity index (χ1n) is 17.7. The van der Waals surface area contributed by atoms with E-state index in [1.807, 2.05) is 30.3 Å². The van der Waals surface area contributed by atoms with Gasteiger partial charge in [-0.2, -0.15) is 4.98 Å². The van der Waals surface area contributed by atoms with Crippen LogP contribution in [-0.4, -0.2) is 43.0 Å². The lowest BCUT2D eigenvalue weighted by molar-refractivity contribution is -0.252. The van der Waals surface area contributed by atoms with Crippen LogP contribution in [0.2, 0.25) is 0 Å². The molecule has 18 nitrogen and oxygen atoms in total. The normalized spacial score (nSPS) is 17.6. The molecule has 60 heavy (non-hydrogen) atoms. The number of sulfone groups is 1. The van der Waals surface area contributed by atoms with Gasteiger partial charge in [-0.1, -0.05) is 84.9 Å². The molecule has 4 unspecified atom stereocenters. The number of hydrogen-bond acceptors (Lipinski definition) is 17. The maximum Gasteiger partial charge on any atom is 0.356 e. The Morgan fingerprint density at radius 2 is 1.38 bits per heavy atom. The summed E-state index contributed by atoms with van der Waals surface area (Å²) in [5.74, 6) is -1.46. The topological polar surface area (TPSA) is 257 Å². The van der Waals surface area contributed by atoms with Crippen LogP contribution >= 0.6 is 23.5 Å². The summed E-state index contributed by atoms with van der Waals surface area (Å²) in [6.07, 6.45) is -0.541. The number of nitrogens with one attached hydrogen (secondary N) is 1. The van der Waals surface area contributed by atoms with Gasteiger partial charge >= 0.3 is 5.69 Å². The van der Waals surface area contributed by atoms with Crippen molar-refractivity contribution in [2.45, 2.75) is 11.0 Å². The molecule has 0 aliphatic carbocycles. The van der Waals surface area contributed by atoms with Gasteiger partial charge in [-0.3, -0.25) is 13.7 Å². The number of phosphoric acid groups is 3. The number of aromatic nitrogens is 2. The van der Waals surface area contributed by atoms with Crippen molar-refractivity contribution < 1.29 is 63.9 Å². The maximum absolute atomic E-state index is 13.5. The number of ether oxygens (including phenoxy) is 2. The Labute approximate surface area is 340 Å². The van der Waals surface area contributed by atoms with Crippen molar-refractivity contribution in [3.05, 3.63) is 144 Å². The van der Waals surface area contributed by atoms with Gasteiger partial charge in [-0.15, -0.1) is 0 Å². The van der Waals surface area contributed by atoms with Crippen LogP contribution in [0.5, 0.6) is 5.75 Å². The Hall–Kier alpha value is -5.26. The van der Waals surface area contributed by atoms with Crippen molar-refractivity contribution in [1.82, 2.24) is 9.55 Å². The molecular formula is C38H29N3O15P3S-3. The quantitative estimate of drug-likeness (QED) is 0.0936. The van der Waals surface area contributed by atoms with Gasteiger partial charge in [0, 0.05) is 17.3 Å². The highest BCUT2D eigenvalue weighted by molar-refractivity contribution is 7.91. The number of rotatable bonds is 16. The molecule has 1 aromatic heterocycles. The summed E-state index contributed by atoms with van der Waals surface area (Å²) in [5.41, 5.74) is -0.260. The second-order valence-electron chi connectivity index (χ2n) is 13.0. The van der Waals surface area contributed by atoms with E-state index in [-0.39, 0.29) is 22.3 Å². The summed E-state index contributed by atoms with van der Waals surface area (Å²) in [4.78, 5) is 55.1. The molecule has 8 rings (SSSR count). The van der Waals surface area contributed by atoms with Crippen molar-refractivity contribution in [2.75, 3.05) is 24.3 Å². The molecule has 0 radical (unpaired) electrons. The fourth-order valence-corrected chi connectivity index (χ4v) is 11.4. The van der Waals surface area contributed by atoms with Gasteiger partial charge in [0.15, 0.2) is 21.7 Å². The second kappa shape index (κ2) is 16.3. The van der Waals surface area contributed by atoms with Crippen LogP contribution in [0.15, 0.2) is 143 Å². The second-order valence-corrected chi connectivity index (χ2v) is 19.6. The molecule has 0 spiro atoms. The van der Waals surface area contributed by atoms with Crippen LogP contribution in [0.25, 0.3) is 38.2 Å². The molecule has 0 amide bonds. The van der Waals surface area contributed by atoms with Gasteiger partial charge in [0.05, 0.1) is 17.3 Å². The summed E-state index contributed by atoms with van der Waals surface area (Å²) in [7, 11) is -22.7. The number of hydrogen-bond donors (Lipinski definition) is 1. The Kier molecular flexibility index (Phi) is 11.3. The van der Waals surface area contributed by atoms with Crippen molar-refractivity contribution in [3.8, 4) is 5.75 Å². The molecule has 22 heteroatoms. The third-order valence-electron chi connectivity index (χ3n) is 9.00. The minimum absolute atomic E-state index is 0.122. The van der Waals surface area contributed by atoms with Gasteiger partial charge < -0.3 is 38.5 Å². The highest BCUT2D eigenvalue weighted by atomic mass is 32.2. The molecular weight excluding hydrogens is 863 g/mol. The molecule has 6 aromatic carbocycles. The first kappa shape index (κ1) is 41.5. The van der Waals surface area contributed by atoms with Gasteiger partial charge in [-0.05, 0) is 63.3 Å². The molecule has 4 atom stereocenters. The van der Waals surface area contributed by atoms with Crippen LogP contribution in [0.1, 0.15) is 0 Å². The van der Waals surface area contributed by atoms with E-state index in [9.17, 15) is 41.6 Å². The highest BCUT2D eigenvalue weighted by Gasteiger charge is 2.37. The van der Waals surface area contributed by atoms with Gasteiger partial charge in [0.2, 0.25) is 5.88 Å². The third kappa shape index (κ3) is 9.07. The number of nitrogens with zero attached hydrogens (tertiary/aromatic N) is 2. The smallest absolute Gasteiger partial charge is 0.356 e. The summed E-state index contributed by atoms with van der Waals surface area (Å²) in [5, 5.41) is 7.41. The first-order valence-corrected chi connectivity index (χ1v) is 23.7. The number of benzene rings is 6. The summed E-state index contributed by atoms with van der Waals surface area (Å²) < 4.78 is 94.8. The largest absolute Gasteiger partial charge is 0.756 e. The van der Waals surface area contributed by atoms with Gasteiger partial charge in [-0.25, -0.2) is 26.4 Å². The summed E-state index contributed by atoms with van der Waals surface area (Å²) >= 11 is 0. The fourth-order valence-electron chi connectivity index (χ4n) is 6.53. The zero-order valence-electron chi connectivity index (χ0n) is 30.6. The molecule has 1 N–H and O–H groups in total. The Balaban J connectivity index is 0.946. The summed E-state index contributed by atoms with van der Waals surface area (Å²) in [6, 6.07) is 33.8. The van der Waals surface area contributed by atoms with E-state index >= 15 is 0 Å². The molecule has 0 bridgehead atoms. The van der Waals surface area contributed by atoms with E-state index in [2.05, 4.69) is 23.4 Å².